The third kappa shape index (κ3) is 4.71. The maximum atomic E-state index is 12.0. The third-order valence-electron chi connectivity index (χ3n) is 3.87. The second-order valence-corrected chi connectivity index (χ2v) is 5.59. The van der Waals surface area contributed by atoms with Gasteiger partial charge in [0.2, 0.25) is 0 Å². The van der Waals surface area contributed by atoms with Crippen LogP contribution in [0.5, 0.6) is 0 Å². The van der Waals surface area contributed by atoms with Crippen molar-refractivity contribution in [2.24, 2.45) is 0 Å². The minimum atomic E-state index is -0.150. The Morgan fingerprint density at radius 1 is 1.14 bits per heavy atom. The van der Waals surface area contributed by atoms with E-state index in [0.29, 0.717) is 11.0 Å². The summed E-state index contributed by atoms with van der Waals surface area (Å²) in [7, 11) is 0. The van der Waals surface area contributed by atoms with E-state index in [-0.39, 0.29) is 11.5 Å². The number of unbranched alkanes of at least 4 members (excludes halogenated alkanes) is 3. The lowest BCUT2D eigenvalue weighted by Crippen LogP contribution is -2.03. The zero-order chi connectivity index (χ0) is 15.1. The van der Waals surface area contributed by atoms with Crippen LogP contribution in [0.25, 0.3) is 11.0 Å². The van der Waals surface area contributed by atoms with Crippen LogP contribution in [0.1, 0.15) is 51.2 Å². The summed E-state index contributed by atoms with van der Waals surface area (Å²) in [5.41, 5.74) is 0.712. The van der Waals surface area contributed by atoms with E-state index in [1.54, 1.807) is 12.1 Å². The first kappa shape index (κ1) is 15.8. The van der Waals surface area contributed by atoms with Crippen LogP contribution in [-0.2, 0) is 6.42 Å². The van der Waals surface area contributed by atoms with E-state index < -0.39 is 0 Å². The standard InChI is InChI=1S/C18H24O3/c1-2-14(19)9-5-3-4-6-10-15-13-17(20)16-11-7-8-12-18(16)21-15/h7-8,11-14,19H,2-6,9-10H2,1H3. The Bertz CT molecular complexity index is 615. The predicted molar refractivity (Wildman–Crippen MR) is 85.6 cm³/mol. The Hall–Kier alpha value is -1.61. The molecule has 2 aromatic rings. The summed E-state index contributed by atoms with van der Waals surface area (Å²) in [5, 5.41) is 10.1. The van der Waals surface area contributed by atoms with Crippen molar-refractivity contribution in [3.8, 4) is 0 Å². The molecule has 0 spiro atoms. The predicted octanol–water partition coefficient (Wildman–Crippen LogP) is 4.06. The molecule has 1 atom stereocenters. The van der Waals surface area contributed by atoms with Gasteiger partial charge in [0, 0.05) is 12.5 Å². The minimum absolute atomic E-state index is 0.0397. The van der Waals surface area contributed by atoms with E-state index in [2.05, 4.69) is 0 Å². The van der Waals surface area contributed by atoms with Gasteiger partial charge < -0.3 is 9.52 Å². The lowest BCUT2D eigenvalue weighted by molar-refractivity contribution is 0.156. The number of hydrogen-bond acceptors (Lipinski definition) is 3. The second-order valence-electron chi connectivity index (χ2n) is 5.59. The van der Waals surface area contributed by atoms with Crippen molar-refractivity contribution in [3.05, 3.63) is 46.3 Å². The number of aryl methyl sites for hydroxylation is 1. The monoisotopic (exact) mass is 288 g/mol. The van der Waals surface area contributed by atoms with Crippen LogP contribution in [0.3, 0.4) is 0 Å². The minimum Gasteiger partial charge on any atom is -0.461 e. The fraction of sp³-hybridized carbons (Fsp3) is 0.500. The smallest absolute Gasteiger partial charge is 0.192 e. The van der Waals surface area contributed by atoms with Gasteiger partial charge in [0.05, 0.1) is 11.5 Å². The average molecular weight is 288 g/mol. The van der Waals surface area contributed by atoms with Crippen molar-refractivity contribution in [2.75, 3.05) is 0 Å². The Balaban J connectivity index is 1.80. The van der Waals surface area contributed by atoms with Gasteiger partial charge in [-0.05, 0) is 31.4 Å². The zero-order valence-corrected chi connectivity index (χ0v) is 12.7. The zero-order valence-electron chi connectivity index (χ0n) is 12.7. The quantitative estimate of drug-likeness (QED) is 0.745. The van der Waals surface area contributed by atoms with Gasteiger partial charge >= 0.3 is 0 Å². The molecule has 0 saturated carbocycles. The van der Waals surface area contributed by atoms with Gasteiger partial charge in [0.15, 0.2) is 5.43 Å². The lowest BCUT2D eigenvalue weighted by atomic mass is 10.1. The highest BCUT2D eigenvalue weighted by Crippen LogP contribution is 2.14. The van der Waals surface area contributed by atoms with Crippen molar-refractivity contribution in [1.29, 1.82) is 0 Å². The van der Waals surface area contributed by atoms with Gasteiger partial charge in [-0.25, -0.2) is 0 Å². The summed E-state index contributed by atoms with van der Waals surface area (Å²) in [4.78, 5) is 12.0. The molecule has 1 N–H and O–H groups in total. The average Bonchev–Trinajstić information content (AvgIpc) is 2.50. The number of benzene rings is 1. The van der Waals surface area contributed by atoms with Gasteiger partial charge in [-0.3, -0.25) is 4.79 Å². The van der Waals surface area contributed by atoms with E-state index in [1.807, 2.05) is 25.1 Å². The van der Waals surface area contributed by atoms with Crippen molar-refractivity contribution in [2.45, 2.75) is 58.0 Å². The highest BCUT2D eigenvalue weighted by atomic mass is 16.3. The SMILES string of the molecule is CCC(O)CCCCCCc1cc(=O)c2ccccc2o1. The van der Waals surface area contributed by atoms with E-state index in [1.165, 1.54) is 0 Å². The molecular weight excluding hydrogens is 264 g/mol. The fourth-order valence-electron chi connectivity index (χ4n) is 2.51. The van der Waals surface area contributed by atoms with Gasteiger partial charge in [0.1, 0.15) is 11.3 Å². The number of rotatable bonds is 8. The van der Waals surface area contributed by atoms with Crippen LogP contribution in [0, 0.1) is 0 Å². The van der Waals surface area contributed by atoms with Gasteiger partial charge in [0.25, 0.3) is 0 Å². The maximum absolute atomic E-state index is 12.0. The summed E-state index contributed by atoms with van der Waals surface area (Å²) < 4.78 is 5.76. The van der Waals surface area contributed by atoms with E-state index >= 15 is 0 Å². The Morgan fingerprint density at radius 3 is 2.71 bits per heavy atom. The molecule has 1 aromatic heterocycles. The molecule has 1 aromatic carbocycles. The van der Waals surface area contributed by atoms with Crippen LogP contribution < -0.4 is 5.43 Å². The van der Waals surface area contributed by atoms with Crippen molar-refractivity contribution < 1.29 is 9.52 Å². The molecule has 0 aliphatic carbocycles. The molecule has 0 fully saturated rings. The van der Waals surface area contributed by atoms with Crippen molar-refractivity contribution >= 4 is 11.0 Å². The van der Waals surface area contributed by atoms with E-state index in [9.17, 15) is 9.90 Å². The molecule has 1 unspecified atom stereocenters. The van der Waals surface area contributed by atoms with E-state index in [0.717, 1.165) is 50.7 Å². The normalized spacial score (nSPS) is 12.7. The van der Waals surface area contributed by atoms with Gasteiger partial charge in [-0.15, -0.1) is 0 Å². The molecule has 1 heterocycles. The Labute approximate surface area is 125 Å². The van der Waals surface area contributed by atoms with Crippen LogP contribution in [0.15, 0.2) is 39.5 Å². The largest absolute Gasteiger partial charge is 0.461 e. The summed E-state index contributed by atoms with van der Waals surface area (Å²) in [6.07, 6.45) is 6.69. The summed E-state index contributed by atoms with van der Waals surface area (Å²) in [6.45, 7) is 2.01. The number of fused-ring (bicyclic) bond motifs is 1. The van der Waals surface area contributed by atoms with E-state index in [4.69, 9.17) is 4.42 Å². The Kier molecular flexibility index (Phi) is 6.00. The molecule has 0 amide bonds. The summed E-state index contributed by atoms with van der Waals surface area (Å²) in [6, 6.07) is 8.98. The molecule has 0 saturated heterocycles. The van der Waals surface area contributed by atoms with Crippen molar-refractivity contribution in [1.82, 2.24) is 0 Å². The van der Waals surface area contributed by atoms with Crippen LogP contribution in [0.4, 0.5) is 0 Å². The molecule has 114 valence electrons. The van der Waals surface area contributed by atoms with Crippen LogP contribution in [0.2, 0.25) is 0 Å². The maximum Gasteiger partial charge on any atom is 0.192 e. The number of aliphatic hydroxyl groups excluding tert-OH is 1. The van der Waals surface area contributed by atoms with Crippen LogP contribution in [-0.4, -0.2) is 11.2 Å². The number of aliphatic hydroxyl groups is 1. The molecular formula is C18H24O3. The summed E-state index contributed by atoms with van der Waals surface area (Å²) in [5.74, 6) is 0.771. The first-order chi connectivity index (χ1) is 10.2. The molecule has 2 rings (SSSR count). The molecule has 3 heteroatoms. The fourth-order valence-corrected chi connectivity index (χ4v) is 2.51. The third-order valence-corrected chi connectivity index (χ3v) is 3.87. The van der Waals surface area contributed by atoms with Gasteiger partial charge in [-0.1, -0.05) is 38.3 Å². The topological polar surface area (TPSA) is 50.4 Å². The number of hydrogen-bond donors (Lipinski definition) is 1. The van der Waals surface area contributed by atoms with Crippen LogP contribution >= 0.6 is 0 Å². The molecule has 0 aliphatic heterocycles. The molecule has 3 nitrogen and oxygen atoms in total. The van der Waals surface area contributed by atoms with Gasteiger partial charge in [-0.2, -0.15) is 0 Å². The highest BCUT2D eigenvalue weighted by Gasteiger charge is 2.04. The number of para-hydroxylation sites is 1. The molecule has 0 aliphatic rings. The second kappa shape index (κ2) is 7.99. The molecule has 0 radical (unpaired) electrons. The summed E-state index contributed by atoms with van der Waals surface area (Å²) >= 11 is 0. The molecule has 0 bridgehead atoms. The molecule has 21 heavy (non-hydrogen) atoms. The Morgan fingerprint density at radius 2 is 1.90 bits per heavy atom. The lowest BCUT2D eigenvalue weighted by Gasteiger charge is -2.07. The highest BCUT2D eigenvalue weighted by molar-refractivity contribution is 5.76. The first-order valence-electron chi connectivity index (χ1n) is 7.90. The first-order valence-corrected chi connectivity index (χ1v) is 7.90. The van der Waals surface area contributed by atoms with Crippen molar-refractivity contribution in [3.63, 3.8) is 0 Å².